The van der Waals surface area contributed by atoms with Crippen molar-refractivity contribution in [2.24, 2.45) is 5.92 Å². The number of ether oxygens (including phenoxy) is 2. The number of rotatable bonds is 6. The molecule has 1 aliphatic heterocycles. The molecule has 7 nitrogen and oxygen atoms in total. The van der Waals surface area contributed by atoms with Gasteiger partial charge >= 0.3 is 12.1 Å². The van der Waals surface area contributed by atoms with E-state index in [2.05, 4.69) is 5.32 Å². The molecule has 7 heteroatoms. The molecule has 0 saturated heterocycles. The van der Waals surface area contributed by atoms with Crippen LogP contribution in [0.4, 0.5) is 4.79 Å². The zero-order valence-corrected chi connectivity index (χ0v) is 18.0. The molecule has 1 N–H and O–H groups in total. The standard InChI is InChI=1S/C24H28N2O5/c1-16(2)21(23(28)30-3)25-22(27)20-13-18-11-7-8-12-19(18)14-26(20)24(29)31-15-17-9-5-4-6-10-17/h4-12,16,20-21H,13-15H2,1-3H3,(H,25,27)/t20-,21-/m0/s1. The Morgan fingerprint density at radius 1 is 1.03 bits per heavy atom. The third kappa shape index (κ3) is 5.42. The minimum absolute atomic E-state index is 0.114. The predicted octanol–water partition coefficient (Wildman–Crippen LogP) is 3.06. The fourth-order valence-corrected chi connectivity index (χ4v) is 3.63. The summed E-state index contributed by atoms with van der Waals surface area (Å²) in [7, 11) is 1.29. The van der Waals surface area contributed by atoms with Crippen molar-refractivity contribution in [3.8, 4) is 0 Å². The number of methoxy groups -OCH3 is 1. The molecule has 0 aromatic heterocycles. The highest BCUT2D eigenvalue weighted by atomic mass is 16.6. The van der Waals surface area contributed by atoms with Crippen molar-refractivity contribution in [2.45, 2.75) is 45.5 Å². The van der Waals surface area contributed by atoms with Gasteiger partial charge in [-0.2, -0.15) is 0 Å². The molecule has 3 rings (SSSR count). The van der Waals surface area contributed by atoms with Crippen molar-refractivity contribution in [1.82, 2.24) is 10.2 Å². The van der Waals surface area contributed by atoms with Crippen molar-refractivity contribution in [2.75, 3.05) is 7.11 Å². The zero-order chi connectivity index (χ0) is 22.4. The molecule has 164 valence electrons. The highest BCUT2D eigenvalue weighted by Crippen LogP contribution is 2.25. The number of amides is 2. The number of carbonyl (C=O) groups excluding carboxylic acids is 3. The highest BCUT2D eigenvalue weighted by Gasteiger charge is 2.37. The molecule has 1 aliphatic rings. The molecule has 0 spiro atoms. The van der Waals surface area contributed by atoms with E-state index in [1.807, 2.05) is 68.4 Å². The summed E-state index contributed by atoms with van der Waals surface area (Å²) >= 11 is 0. The Hall–Kier alpha value is -3.35. The van der Waals surface area contributed by atoms with Crippen molar-refractivity contribution in [3.05, 3.63) is 71.3 Å². The van der Waals surface area contributed by atoms with E-state index in [4.69, 9.17) is 9.47 Å². The average molecular weight is 424 g/mol. The summed E-state index contributed by atoms with van der Waals surface area (Å²) in [5.74, 6) is -1.08. The average Bonchev–Trinajstić information content (AvgIpc) is 2.79. The van der Waals surface area contributed by atoms with E-state index in [-0.39, 0.29) is 19.1 Å². The number of hydrogen-bond donors (Lipinski definition) is 1. The third-order valence-electron chi connectivity index (χ3n) is 5.41. The van der Waals surface area contributed by atoms with Crippen molar-refractivity contribution >= 4 is 18.0 Å². The summed E-state index contributed by atoms with van der Waals surface area (Å²) in [6.07, 6.45) is -0.230. The van der Waals surface area contributed by atoms with E-state index < -0.39 is 30.1 Å². The maximum atomic E-state index is 13.2. The first-order chi connectivity index (χ1) is 14.9. The number of benzene rings is 2. The summed E-state index contributed by atoms with van der Waals surface area (Å²) in [5, 5.41) is 2.76. The van der Waals surface area contributed by atoms with Gasteiger partial charge in [0.15, 0.2) is 0 Å². The van der Waals surface area contributed by atoms with Gasteiger partial charge in [-0.05, 0) is 22.6 Å². The van der Waals surface area contributed by atoms with Crippen LogP contribution in [0.1, 0.15) is 30.5 Å². The van der Waals surface area contributed by atoms with Crippen LogP contribution in [0.5, 0.6) is 0 Å². The Morgan fingerprint density at radius 3 is 2.32 bits per heavy atom. The van der Waals surface area contributed by atoms with Crippen LogP contribution in [0.2, 0.25) is 0 Å². The zero-order valence-electron chi connectivity index (χ0n) is 18.0. The second-order valence-electron chi connectivity index (χ2n) is 7.91. The smallest absolute Gasteiger partial charge is 0.411 e. The Bertz CT molecular complexity index is 929. The molecule has 0 aliphatic carbocycles. The first-order valence-electron chi connectivity index (χ1n) is 10.3. The topological polar surface area (TPSA) is 84.9 Å². The van der Waals surface area contributed by atoms with E-state index in [1.54, 1.807) is 0 Å². The molecule has 0 bridgehead atoms. The maximum absolute atomic E-state index is 13.2. The summed E-state index contributed by atoms with van der Waals surface area (Å²) in [6, 6.07) is 15.5. The van der Waals surface area contributed by atoms with Crippen LogP contribution in [0, 0.1) is 5.92 Å². The lowest BCUT2D eigenvalue weighted by Gasteiger charge is -2.36. The Morgan fingerprint density at radius 2 is 1.68 bits per heavy atom. The van der Waals surface area contributed by atoms with Gasteiger partial charge < -0.3 is 14.8 Å². The molecule has 0 radical (unpaired) electrons. The molecular weight excluding hydrogens is 396 g/mol. The summed E-state index contributed by atoms with van der Waals surface area (Å²) in [5.41, 5.74) is 2.82. The Balaban J connectivity index is 1.79. The second kappa shape index (κ2) is 10.1. The molecule has 2 aromatic carbocycles. The van der Waals surface area contributed by atoms with Crippen LogP contribution in [-0.2, 0) is 38.6 Å². The number of esters is 1. The number of nitrogens with one attached hydrogen (secondary N) is 1. The van der Waals surface area contributed by atoms with E-state index in [9.17, 15) is 14.4 Å². The quantitative estimate of drug-likeness (QED) is 0.721. The van der Waals surface area contributed by atoms with Crippen LogP contribution >= 0.6 is 0 Å². The van der Waals surface area contributed by atoms with Gasteiger partial charge in [0.25, 0.3) is 0 Å². The molecule has 1 heterocycles. The first-order valence-corrected chi connectivity index (χ1v) is 10.3. The van der Waals surface area contributed by atoms with Gasteiger partial charge in [-0.15, -0.1) is 0 Å². The van der Waals surface area contributed by atoms with Crippen LogP contribution in [-0.4, -0.2) is 42.1 Å². The van der Waals surface area contributed by atoms with E-state index >= 15 is 0 Å². The first kappa shape index (κ1) is 22.3. The molecule has 2 amide bonds. The monoisotopic (exact) mass is 424 g/mol. The maximum Gasteiger partial charge on any atom is 0.411 e. The normalized spacial score (nSPS) is 16.3. The third-order valence-corrected chi connectivity index (χ3v) is 5.41. The predicted molar refractivity (Wildman–Crippen MR) is 115 cm³/mol. The van der Waals surface area contributed by atoms with Crippen LogP contribution < -0.4 is 5.32 Å². The largest absolute Gasteiger partial charge is 0.467 e. The van der Waals surface area contributed by atoms with Gasteiger partial charge in [0.05, 0.1) is 13.7 Å². The lowest BCUT2D eigenvalue weighted by Crippen LogP contribution is -2.56. The van der Waals surface area contributed by atoms with Gasteiger partial charge in [0.1, 0.15) is 18.7 Å². The van der Waals surface area contributed by atoms with Gasteiger partial charge in [0, 0.05) is 6.42 Å². The van der Waals surface area contributed by atoms with E-state index in [0.29, 0.717) is 6.42 Å². The summed E-state index contributed by atoms with van der Waals surface area (Å²) in [6.45, 7) is 4.02. The van der Waals surface area contributed by atoms with E-state index in [1.165, 1.54) is 12.0 Å². The Kier molecular flexibility index (Phi) is 7.28. The van der Waals surface area contributed by atoms with Crippen LogP contribution in [0.15, 0.2) is 54.6 Å². The number of fused-ring (bicyclic) bond motifs is 1. The molecule has 0 unspecified atom stereocenters. The summed E-state index contributed by atoms with van der Waals surface area (Å²) in [4.78, 5) is 39.6. The lowest BCUT2D eigenvalue weighted by molar-refractivity contribution is -0.147. The fourth-order valence-electron chi connectivity index (χ4n) is 3.63. The van der Waals surface area contributed by atoms with Gasteiger partial charge in [-0.25, -0.2) is 9.59 Å². The van der Waals surface area contributed by atoms with Crippen molar-refractivity contribution in [1.29, 1.82) is 0 Å². The second-order valence-corrected chi connectivity index (χ2v) is 7.91. The van der Waals surface area contributed by atoms with Gasteiger partial charge in [-0.3, -0.25) is 9.69 Å². The van der Waals surface area contributed by atoms with Gasteiger partial charge in [0.2, 0.25) is 5.91 Å². The molecule has 2 aromatic rings. The number of nitrogens with zero attached hydrogens (tertiary/aromatic N) is 1. The summed E-state index contributed by atoms with van der Waals surface area (Å²) < 4.78 is 10.3. The highest BCUT2D eigenvalue weighted by molar-refractivity contribution is 5.90. The van der Waals surface area contributed by atoms with Crippen molar-refractivity contribution in [3.63, 3.8) is 0 Å². The Labute approximate surface area is 182 Å². The van der Waals surface area contributed by atoms with Gasteiger partial charge in [-0.1, -0.05) is 68.4 Å². The molecular formula is C24H28N2O5. The molecule has 0 saturated carbocycles. The molecule has 2 atom stereocenters. The minimum atomic E-state index is -0.795. The minimum Gasteiger partial charge on any atom is -0.467 e. The molecule has 0 fully saturated rings. The fraction of sp³-hybridized carbons (Fsp3) is 0.375. The number of carbonyl (C=O) groups is 3. The van der Waals surface area contributed by atoms with Crippen molar-refractivity contribution < 1.29 is 23.9 Å². The SMILES string of the molecule is COC(=O)[C@@H](NC(=O)[C@@H]1Cc2ccccc2CN1C(=O)OCc1ccccc1)C(C)C. The number of hydrogen-bond acceptors (Lipinski definition) is 5. The van der Waals surface area contributed by atoms with Crippen LogP contribution in [0.3, 0.4) is 0 Å². The van der Waals surface area contributed by atoms with Crippen LogP contribution in [0.25, 0.3) is 0 Å². The van der Waals surface area contributed by atoms with E-state index in [0.717, 1.165) is 16.7 Å². The molecule has 31 heavy (non-hydrogen) atoms. The lowest BCUT2D eigenvalue weighted by atomic mass is 9.93.